The molecule has 0 aliphatic heterocycles. The Morgan fingerprint density at radius 1 is 1.56 bits per heavy atom. The molecule has 0 spiro atoms. The highest BCUT2D eigenvalue weighted by Crippen LogP contribution is 1.89. The molecule has 48 valence electrons. The first-order valence-electron chi connectivity index (χ1n) is 2.47. The largest absolute Gasteiger partial charge is 0.366 e. The molecular weight excluding hydrogens is 118 g/mol. The minimum Gasteiger partial charge on any atom is -0.366 e. The normalized spacial score (nSPS) is 9.44. The van der Waals surface area contributed by atoms with E-state index < -0.39 is 0 Å². The molecule has 5 nitrogen and oxygen atoms in total. The zero-order chi connectivity index (χ0) is 6.69. The van der Waals surface area contributed by atoms with Crippen molar-refractivity contribution in [3.63, 3.8) is 0 Å². The summed E-state index contributed by atoms with van der Waals surface area (Å²) in [7, 11) is 0. The van der Waals surface area contributed by atoms with Gasteiger partial charge in [-0.05, 0) is 0 Å². The van der Waals surface area contributed by atoms with Gasteiger partial charge in [-0.1, -0.05) is 0 Å². The van der Waals surface area contributed by atoms with Crippen LogP contribution in [0.25, 0.3) is 0 Å². The van der Waals surface area contributed by atoms with Gasteiger partial charge in [-0.25, -0.2) is 4.98 Å². The topological polar surface area (TPSA) is 90.7 Å². The Bertz CT molecular complexity index is 198. The third kappa shape index (κ3) is 1.33. The molecule has 0 aromatic carbocycles. The molecule has 0 unspecified atom stereocenters. The zero-order valence-corrected chi connectivity index (χ0v) is 4.78. The summed E-state index contributed by atoms with van der Waals surface area (Å²) in [5, 5.41) is 6.99. The van der Waals surface area contributed by atoms with Gasteiger partial charge in [0.2, 0.25) is 5.95 Å². The van der Waals surface area contributed by atoms with Gasteiger partial charge in [0.15, 0.2) is 0 Å². The summed E-state index contributed by atoms with van der Waals surface area (Å²) in [6, 6.07) is 0. The number of anilines is 1. The molecule has 0 atom stereocenters. The van der Waals surface area contributed by atoms with Gasteiger partial charge in [0, 0.05) is 6.54 Å². The first-order valence-corrected chi connectivity index (χ1v) is 2.47. The second kappa shape index (κ2) is 2.36. The van der Waals surface area contributed by atoms with Crippen molar-refractivity contribution in [3.8, 4) is 0 Å². The summed E-state index contributed by atoms with van der Waals surface area (Å²) in [4.78, 5) is 3.77. The van der Waals surface area contributed by atoms with Crippen LogP contribution in [0.4, 0.5) is 5.95 Å². The van der Waals surface area contributed by atoms with Crippen molar-refractivity contribution in [1.82, 2.24) is 15.2 Å². The maximum Gasteiger partial charge on any atom is 0.240 e. The molecule has 5 heteroatoms. The second-order valence-corrected chi connectivity index (χ2v) is 1.51. The lowest BCUT2D eigenvalue weighted by Crippen LogP contribution is -2.04. The molecule has 4 N–H and O–H groups in total. The van der Waals surface area contributed by atoms with Gasteiger partial charge in [-0.15, -0.1) is 5.10 Å². The van der Waals surface area contributed by atoms with E-state index in [1.165, 1.54) is 6.20 Å². The van der Waals surface area contributed by atoms with E-state index in [4.69, 9.17) is 11.5 Å². The van der Waals surface area contributed by atoms with Crippen molar-refractivity contribution in [3.05, 3.63) is 11.9 Å². The van der Waals surface area contributed by atoms with Crippen LogP contribution in [0.5, 0.6) is 0 Å². The summed E-state index contributed by atoms with van der Waals surface area (Å²) in [5.74, 6) is 0.165. The van der Waals surface area contributed by atoms with Crippen LogP contribution in [-0.4, -0.2) is 15.2 Å². The fourth-order valence-corrected chi connectivity index (χ4v) is 0.451. The first kappa shape index (κ1) is 5.90. The average Bonchev–Trinajstić information content (AvgIpc) is 1.88. The van der Waals surface area contributed by atoms with Crippen molar-refractivity contribution >= 4 is 5.95 Å². The van der Waals surface area contributed by atoms with Gasteiger partial charge in [0.05, 0.1) is 11.9 Å². The summed E-state index contributed by atoms with van der Waals surface area (Å²) < 4.78 is 0. The van der Waals surface area contributed by atoms with Crippen LogP contribution in [0.1, 0.15) is 5.69 Å². The van der Waals surface area contributed by atoms with Crippen LogP contribution in [0.15, 0.2) is 6.20 Å². The maximum atomic E-state index is 5.23. The molecule has 0 saturated carbocycles. The van der Waals surface area contributed by atoms with E-state index in [1.807, 2.05) is 0 Å². The summed E-state index contributed by atoms with van der Waals surface area (Å²) in [6.45, 7) is 0.347. The standard InChI is InChI=1S/C4H7N5/c5-1-3-2-7-9-4(6)8-3/h2H,1,5H2,(H2,6,8,9). The van der Waals surface area contributed by atoms with E-state index in [0.29, 0.717) is 12.2 Å². The summed E-state index contributed by atoms with van der Waals surface area (Å²) in [6.07, 6.45) is 1.48. The van der Waals surface area contributed by atoms with E-state index >= 15 is 0 Å². The third-order valence-electron chi connectivity index (χ3n) is 0.834. The second-order valence-electron chi connectivity index (χ2n) is 1.51. The number of aromatic nitrogens is 3. The van der Waals surface area contributed by atoms with E-state index in [1.54, 1.807) is 0 Å². The van der Waals surface area contributed by atoms with Crippen LogP contribution in [0.2, 0.25) is 0 Å². The smallest absolute Gasteiger partial charge is 0.240 e. The molecular formula is C4H7N5. The molecule has 0 bridgehead atoms. The van der Waals surface area contributed by atoms with Crippen molar-refractivity contribution in [2.45, 2.75) is 6.54 Å². The molecule has 1 aromatic heterocycles. The van der Waals surface area contributed by atoms with Crippen molar-refractivity contribution < 1.29 is 0 Å². The Morgan fingerprint density at radius 3 is 2.78 bits per heavy atom. The van der Waals surface area contributed by atoms with Gasteiger partial charge in [-0.2, -0.15) is 5.10 Å². The van der Waals surface area contributed by atoms with Crippen LogP contribution in [0.3, 0.4) is 0 Å². The predicted molar refractivity (Wildman–Crippen MR) is 32.1 cm³/mol. The quantitative estimate of drug-likeness (QED) is 0.497. The van der Waals surface area contributed by atoms with Gasteiger partial charge in [0.25, 0.3) is 0 Å². The van der Waals surface area contributed by atoms with Gasteiger partial charge in [0.1, 0.15) is 0 Å². The molecule has 0 fully saturated rings. The number of nitrogens with zero attached hydrogens (tertiary/aromatic N) is 3. The minimum absolute atomic E-state index is 0.165. The Labute approximate surface area is 52.1 Å². The predicted octanol–water partition coefficient (Wildman–Crippen LogP) is -1.09. The van der Waals surface area contributed by atoms with Crippen LogP contribution >= 0.6 is 0 Å². The number of hydrogen-bond acceptors (Lipinski definition) is 5. The molecule has 1 heterocycles. The SMILES string of the molecule is NCc1cnnc(N)n1. The lowest BCUT2D eigenvalue weighted by atomic mass is 10.5. The summed E-state index contributed by atoms with van der Waals surface area (Å²) >= 11 is 0. The highest BCUT2D eigenvalue weighted by molar-refractivity contribution is 5.12. The number of nitrogens with two attached hydrogens (primary N) is 2. The van der Waals surface area contributed by atoms with Crippen molar-refractivity contribution in [2.24, 2.45) is 5.73 Å². The molecule has 1 aromatic rings. The molecule has 0 saturated heterocycles. The van der Waals surface area contributed by atoms with Crippen LogP contribution in [-0.2, 0) is 6.54 Å². The highest BCUT2D eigenvalue weighted by atomic mass is 15.2. The Balaban J connectivity index is 2.94. The Morgan fingerprint density at radius 2 is 2.33 bits per heavy atom. The lowest BCUT2D eigenvalue weighted by molar-refractivity contribution is 0.897. The van der Waals surface area contributed by atoms with E-state index in [2.05, 4.69) is 15.2 Å². The van der Waals surface area contributed by atoms with Crippen molar-refractivity contribution in [1.29, 1.82) is 0 Å². The first-order chi connectivity index (χ1) is 4.33. The summed E-state index contributed by atoms with van der Waals surface area (Å²) in [5.41, 5.74) is 11.1. The van der Waals surface area contributed by atoms with Crippen molar-refractivity contribution in [2.75, 3.05) is 5.73 Å². The molecule has 0 aliphatic carbocycles. The third-order valence-corrected chi connectivity index (χ3v) is 0.834. The fraction of sp³-hybridized carbons (Fsp3) is 0.250. The van der Waals surface area contributed by atoms with Gasteiger partial charge < -0.3 is 11.5 Å². The number of hydrogen-bond donors (Lipinski definition) is 2. The molecule has 0 aliphatic rings. The van der Waals surface area contributed by atoms with Crippen LogP contribution in [0, 0.1) is 0 Å². The average molecular weight is 125 g/mol. The Kier molecular flexibility index (Phi) is 1.55. The van der Waals surface area contributed by atoms with E-state index in [9.17, 15) is 0 Å². The fourth-order valence-electron chi connectivity index (χ4n) is 0.451. The highest BCUT2D eigenvalue weighted by Gasteiger charge is 1.90. The zero-order valence-electron chi connectivity index (χ0n) is 4.78. The van der Waals surface area contributed by atoms with Crippen LogP contribution < -0.4 is 11.5 Å². The monoisotopic (exact) mass is 125 g/mol. The van der Waals surface area contributed by atoms with E-state index in [-0.39, 0.29) is 5.95 Å². The molecule has 1 rings (SSSR count). The van der Waals surface area contributed by atoms with Gasteiger partial charge >= 0.3 is 0 Å². The lowest BCUT2D eigenvalue weighted by Gasteiger charge is -1.92. The molecule has 0 amide bonds. The number of rotatable bonds is 1. The maximum absolute atomic E-state index is 5.23. The van der Waals surface area contributed by atoms with Gasteiger partial charge in [-0.3, -0.25) is 0 Å². The van der Waals surface area contributed by atoms with E-state index in [0.717, 1.165) is 0 Å². The Hall–Kier alpha value is -1.23. The minimum atomic E-state index is 0.165. The molecule has 9 heavy (non-hydrogen) atoms. The number of nitrogen functional groups attached to an aromatic ring is 1. The molecule has 0 radical (unpaired) electrons.